The van der Waals surface area contributed by atoms with Crippen molar-refractivity contribution in [3.63, 3.8) is 0 Å². The Morgan fingerprint density at radius 3 is 2.57 bits per heavy atom. The van der Waals surface area contributed by atoms with E-state index in [2.05, 4.69) is 30.6 Å². The first-order valence-corrected chi connectivity index (χ1v) is 9.94. The average molecular weight is 407 g/mol. The van der Waals surface area contributed by atoms with Crippen molar-refractivity contribution in [1.29, 1.82) is 0 Å². The molecule has 0 bridgehead atoms. The van der Waals surface area contributed by atoms with Crippen LogP contribution in [0.1, 0.15) is 18.8 Å². The quantitative estimate of drug-likeness (QED) is 0.648. The molecule has 0 saturated carbocycles. The van der Waals surface area contributed by atoms with Gasteiger partial charge in [0.25, 0.3) is 0 Å². The maximum Gasteiger partial charge on any atom is 0.248 e. The second-order valence-corrected chi connectivity index (χ2v) is 7.11. The van der Waals surface area contributed by atoms with Gasteiger partial charge < -0.3 is 20.3 Å². The summed E-state index contributed by atoms with van der Waals surface area (Å²) in [5.74, 6) is 2.21. The van der Waals surface area contributed by atoms with E-state index in [9.17, 15) is 4.79 Å². The monoisotopic (exact) mass is 407 g/mol. The summed E-state index contributed by atoms with van der Waals surface area (Å²) in [6, 6.07) is 10.9. The van der Waals surface area contributed by atoms with E-state index in [4.69, 9.17) is 4.74 Å². The van der Waals surface area contributed by atoms with Crippen LogP contribution in [0.15, 0.2) is 48.8 Å². The van der Waals surface area contributed by atoms with Gasteiger partial charge in [-0.05, 0) is 44.2 Å². The van der Waals surface area contributed by atoms with Crippen LogP contribution in [0.25, 0.3) is 0 Å². The predicted octanol–water partition coefficient (Wildman–Crippen LogP) is 2.76. The molecule has 0 aliphatic carbocycles. The fourth-order valence-corrected chi connectivity index (χ4v) is 3.23. The third-order valence-electron chi connectivity index (χ3n) is 4.89. The molecule has 2 N–H and O–H groups in total. The first kappa shape index (κ1) is 19.8. The lowest BCUT2D eigenvalue weighted by Crippen LogP contribution is -2.36. The highest BCUT2D eigenvalue weighted by atomic mass is 16.5. The molecule has 1 unspecified atom stereocenters. The number of benzene rings is 1. The molecule has 1 fully saturated rings. The molecule has 4 rings (SSSR count). The summed E-state index contributed by atoms with van der Waals surface area (Å²) in [6.07, 6.45) is 3.43. The van der Waals surface area contributed by atoms with Crippen molar-refractivity contribution in [2.45, 2.75) is 19.9 Å². The summed E-state index contributed by atoms with van der Waals surface area (Å²) in [5.41, 5.74) is 1.59. The molecule has 3 aromatic rings. The Hall–Kier alpha value is -3.46. The Kier molecular flexibility index (Phi) is 5.89. The highest BCUT2D eigenvalue weighted by molar-refractivity contribution is 5.93. The lowest BCUT2D eigenvalue weighted by molar-refractivity contribution is -0.119. The van der Waals surface area contributed by atoms with E-state index >= 15 is 0 Å². The number of aromatic nitrogens is 4. The van der Waals surface area contributed by atoms with Crippen molar-refractivity contribution in [2.75, 3.05) is 41.8 Å². The van der Waals surface area contributed by atoms with E-state index in [1.807, 2.05) is 44.2 Å². The molecule has 3 heterocycles. The number of carbonyl (C=O) groups excluding carboxylic acids is 1. The second kappa shape index (κ2) is 8.91. The highest BCUT2D eigenvalue weighted by Crippen LogP contribution is 2.22. The van der Waals surface area contributed by atoms with Crippen molar-refractivity contribution < 1.29 is 9.53 Å². The molecule has 1 aliphatic rings. The minimum Gasteiger partial charge on any atom is -0.378 e. The number of rotatable bonds is 6. The number of hydrogen-bond donors (Lipinski definition) is 2. The molecule has 0 spiro atoms. The lowest BCUT2D eigenvalue weighted by Gasteiger charge is -2.28. The number of anilines is 4. The van der Waals surface area contributed by atoms with Crippen LogP contribution < -0.4 is 15.5 Å². The molecule has 2 aromatic heterocycles. The first-order chi connectivity index (χ1) is 14.6. The summed E-state index contributed by atoms with van der Waals surface area (Å²) in [4.78, 5) is 23.6. The Balaban J connectivity index is 1.41. The summed E-state index contributed by atoms with van der Waals surface area (Å²) in [6.45, 7) is 6.74. The summed E-state index contributed by atoms with van der Waals surface area (Å²) in [5, 5.41) is 10.3. The van der Waals surface area contributed by atoms with Crippen LogP contribution in [0.2, 0.25) is 0 Å². The van der Waals surface area contributed by atoms with E-state index in [1.165, 1.54) is 0 Å². The van der Waals surface area contributed by atoms with Gasteiger partial charge in [0.05, 0.1) is 13.2 Å². The lowest BCUT2D eigenvalue weighted by atomic mass is 10.2. The maximum atomic E-state index is 12.4. The molecule has 30 heavy (non-hydrogen) atoms. The molecule has 156 valence electrons. The number of carbonyl (C=O) groups is 1. The molecule has 9 heteroatoms. The molecular formula is C21H25N7O2. The average Bonchev–Trinajstić information content (AvgIpc) is 3.30. The molecule has 0 radical (unpaired) electrons. The number of amides is 1. The summed E-state index contributed by atoms with van der Waals surface area (Å²) < 4.78 is 7.04. The zero-order chi connectivity index (χ0) is 20.9. The van der Waals surface area contributed by atoms with E-state index in [-0.39, 0.29) is 11.9 Å². The third kappa shape index (κ3) is 4.74. The maximum absolute atomic E-state index is 12.4. The fraction of sp³-hybridized carbons (Fsp3) is 0.333. The van der Waals surface area contributed by atoms with Gasteiger partial charge in [-0.2, -0.15) is 5.10 Å². The normalized spacial score (nSPS) is 14.9. The van der Waals surface area contributed by atoms with Crippen LogP contribution in [-0.4, -0.2) is 52.0 Å². The molecule has 1 amide bonds. The van der Waals surface area contributed by atoms with E-state index in [1.54, 1.807) is 23.1 Å². The van der Waals surface area contributed by atoms with Crippen LogP contribution in [0, 0.1) is 6.92 Å². The van der Waals surface area contributed by atoms with Gasteiger partial charge in [0, 0.05) is 42.9 Å². The topological polar surface area (TPSA) is 97.2 Å². The van der Waals surface area contributed by atoms with Crippen molar-refractivity contribution in [3.05, 3.63) is 54.6 Å². The van der Waals surface area contributed by atoms with Crippen molar-refractivity contribution in [2.24, 2.45) is 0 Å². The van der Waals surface area contributed by atoms with Gasteiger partial charge in [-0.25, -0.2) is 9.97 Å². The number of nitrogens with one attached hydrogen (secondary N) is 2. The van der Waals surface area contributed by atoms with Crippen LogP contribution in [-0.2, 0) is 9.53 Å². The molecule has 1 aromatic carbocycles. The Bertz CT molecular complexity index is 983. The van der Waals surface area contributed by atoms with Gasteiger partial charge in [0.15, 0.2) is 0 Å². The zero-order valence-electron chi connectivity index (χ0n) is 17.1. The smallest absolute Gasteiger partial charge is 0.248 e. The molecule has 1 atom stereocenters. The van der Waals surface area contributed by atoms with Gasteiger partial charge in [0.1, 0.15) is 23.5 Å². The third-order valence-corrected chi connectivity index (χ3v) is 4.89. The van der Waals surface area contributed by atoms with Crippen LogP contribution >= 0.6 is 0 Å². The number of hydrogen-bond acceptors (Lipinski definition) is 7. The van der Waals surface area contributed by atoms with Crippen molar-refractivity contribution in [3.8, 4) is 0 Å². The highest BCUT2D eigenvalue weighted by Gasteiger charge is 2.16. The summed E-state index contributed by atoms with van der Waals surface area (Å²) >= 11 is 0. The van der Waals surface area contributed by atoms with Crippen molar-refractivity contribution in [1.82, 2.24) is 19.7 Å². The molecule has 1 aliphatic heterocycles. The van der Waals surface area contributed by atoms with Gasteiger partial charge in [-0.15, -0.1) is 0 Å². The fourth-order valence-electron chi connectivity index (χ4n) is 3.23. The SMILES string of the molecule is Cc1nc(Nc2ccc(NC(=O)C(C)n3cccn3)cc2)cc(N2CCOCC2)n1. The minimum atomic E-state index is -0.389. The van der Waals surface area contributed by atoms with E-state index in [0.717, 1.165) is 36.1 Å². The standard InChI is InChI=1S/C21H25N7O2/c1-15(28-9-3-8-22-28)21(29)26-18-6-4-17(5-7-18)25-19-14-20(24-16(2)23-19)27-10-12-30-13-11-27/h3-9,14-15H,10-13H2,1-2H3,(H,26,29)(H,23,24,25). The molecule has 1 saturated heterocycles. The van der Waals surface area contributed by atoms with E-state index < -0.39 is 0 Å². The predicted molar refractivity (Wildman–Crippen MR) is 115 cm³/mol. The number of aryl methyl sites for hydroxylation is 1. The second-order valence-electron chi connectivity index (χ2n) is 7.11. The Labute approximate surface area is 175 Å². The van der Waals surface area contributed by atoms with Gasteiger partial charge in [-0.3, -0.25) is 9.48 Å². The largest absolute Gasteiger partial charge is 0.378 e. The van der Waals surface area contributed by atoms with Gasteiger partial charge >= 0.3 is 0 Å². The number of nitrogens with zero attached hydrogens (tertiary/aromatic N) is 5. The van der Waals surface area contributed by atoms with Crippen molar-refractivity contribution >= 4 is 28.9 Å². The van der Waals surface area contributed by atoms with Crippen LogP contribution in [0.4, 0.5) is 23.0 Å². The first-order valence-electron chi connectivity index (χ1n) is 9.94. The Morgan fingerprint density at radius 1 is 1.13 bits per heavy atom. The number of ether oxygens (including phenoxy) is 1. The van der Waals surface area contributed by atoms with Crippen LogP contribution in [0.5, 0.6) is 0 Å². The zero-order valence-corrected chi connectivity index (χ0v) is 17.1. The van der Waals surface area contributed by atoms with Gasteiger partial charge in [-0.1, -0.05) is 0 Å². The van der Waals surface area contributed by atoms with Gasteiger partial charge in [0.2, 0.25) is 5.91 Å². The van der Waals surface area contributed by atoms with E-state index in [0.29, 0.717) is 19.0 Å². The van der Waals surface area contributed by atoms with Crippen LogP contribution in [0.3, 0.4) is 0 Å². The minimum absolute atomic E-state index is 0.124. The number of morpholine rings is 1. The molecular weight excluding hydrogens is 382 g/mol. The Morgan fingerprint density at radius 2 is 1.87 bits per heavy atom. The summed E-state index contributed by atoms with van der Waals surface area (Å²) in [7, 11) is 0. The molecule has 9 nitrogen and oxygen atoms in total.